The molecule has 0 atom stereocenters. The number of nitrogens with one attached hydrogen (secondary N) is 2. The maximum atomic E-state index is 13.1. The maximum Gasteiger partial charge on any atom is 0.293 e. The number of rotatable bonds is 10. The fourth-order valence-corrected chi connectivity index (χ4v) is 5.01. The van der Waals surface area contributed by atoms with Gasteiger partial charge in [0, 0.05) is 13.1 Å². The van der Waals surface area contributed by atoms with Gasteiger partial charge in [-0.1, -0.05) is 24.3 Å². The third kappa shape index (κ3) is 6.19. The van der Waals surface area contributed by atoms with E-state index in [1.165, 1.54) is 41.3 Å². The number of unbranched alkanes of at least 4 members (excludes halogenated alkanes) is 1. The standard InChI is InChI=1S/C27H23FN6O6S/c28-17-9-7-16(8-10-17)15-22-26(36)33(27(37)41-22)14-4-3-13-29-25(35)18-5-1-2-6-19(18)30-20-11-12-21(34(38)39)24-23(20)31-40-32-24/h1-2,5-12,15,30,38-39H,3-4,13-14H2,(H,29,35)/b22-15-. The van der Waals surface area contributed by atoms with E-state index >= 15 is 0 Å². The number of nitrogens with zero attached hydrogens (tertiary/aromatic N) is 4. The van der Waals surface area contributed by atoms with Crippen LogP contribution in [-0.2, 0) is 4.79 Å². The number of carbonyl (C=O) groups excluding carboxylic acids is 3. The minimum atomic E-state index is -0.400. The summed E-state index contributed by atoms with van der Waals surface area (Å²) in [6.45, 7) is 0.514. The van der Waals surface area contributed by atoms with Gasteiger partial charge in [0.15, 0.2) is 11.0 Å². The minimum Gasteiger partial charge on any atom is -0.353 e. The van der Waals surface area contributed by atoms with Crippen molar-refractivity contribution < 1.29 is 33.8 Å². The summed E-state index contributed by atoms with van der Waals surface area (Å²) in [6, 6.07) is 15.4. The Morgan fingerprint density at radius 2 is 1.76 bits per heavy atom. The number of imide groups is 1. The summed E-state index contributed by atoms with van der Waals surface area (Å²) in [5.41, 5.74) is 2.17. The molecule has 2 heterocycles. The Kier molecular flexibility index (Phi) is 8.24. The molecule has 0 aliphatic carbocycles. The summed E-state index contributed by atoms with van der Waals surface area (Å²) in [5, 5.41) is 31.7. The number of aromatic nitrogens is 2. The fourth-order valence-electron chi connectivity index (χ4n) is 4.15. The number of anilines is 3. The van der Waals surface area contributed by atoms with Gasteiger partial charge < -0.3 is 10.6 Å². The molecule has 0 spiro atoms. The minimum absolute atomic E-state index is 0.0334. The molecule has 4 aromatic rings. The summed E-state index contributed by atoms with van der Waals surface area (Å²) >= 11 is 0.839. The molecule has 0 radical (unpaired) electrons. The summed E-state index contributed by atoms with van der Waals surface area (Å²) < 4.78 is 17.9. The largest absolute Gasteiger partial charge is 0.353 e. The van der Waals surface area contributed by atoms with Gasteiger partial charge in [-0.05, 0) is 83.0 Å². The number of thioether (sulfide) groups is 1. The molecule has 210 valence electrons. The van der Waals surface area contributed by atoms with Gasteiger partial charge in [-0.25, -0.2) is 9.02 Å². The Labute approximate surface area is 236 Å². The molecule has 1 fully saturated rings. The number of benzene rings is 3. The van der Waals surface area contributed by atoms with Gasteiger partial charge in [-0.3, -0.25) is 29.7 Å². The van der Waals surface area contributed by atoms with Crippen LogP contribution in [0.2, 0.25) is 0 Å². The van der Waals surface area contributed by atoms with Crippen molar-refractivity contribution in [2.24, 2.45) is 0 Å². The van der Waals surface area contributed by atoms with Crippen molar-refractivity contribution in [3.63, 3.8) is 0 Å². The number of amides is 3. The van der Waals surface area contributed by atoms with Crippen LogP contribution in [0.4, 0.5) is 26.2 Å². The number of hydrogen-bond acceptors (Lipinski definition) is 11. The molecule has 1 aromatic heterocycles. The summed E-state index contributed by atoms with van der Waals surface area (Å²) in [4.78, 5) is 39.4. The zero-order valence-corrected chi connectivity index (χ0v) is 22.1. The van der Waals surface area contributed by atoms with Gasteiger partial charge in [-0.2, -0.15) is 0 Å². The van der Waals surface area contributed by atoms with Crippen molar-refractivity contribution in [2.45, 2.75) is 12.8 Å². The van der Waals surface area contributed by atoms with Gasteiger partial charge in [0.2, 0.25) is 0 Å². The fraction of sp³-hybridized carbons (Fsp3) is 0.148. The maximum absolute atomic E-state index is 13.1. The van der Waals surface area contributed by atoms with E-state index in [0.29, 0.717) is 41.9 Å². The van der Waals surface area contributed by atoms with Gasteiger partial charge in [0.1, 0.15) is 11.5 Å². The monoisotopic (exact) mass is 578 g/mol. The zero-order valence-electron chi connectivity index (χ0n) is 21.3. The number of para-hydroxylation sites is 1. The molecule has 3 aromatic carbocycles. The molecule has 41 heavy (non-hydrogen) atoms. The first-order valence-corrected chi connectivity index (χ1v) is 13.2. The van der Waals surface area contributed by atoms with Crippen LogP contribution in [0.25, 0.3) is 17.1 Å². The Bertz CT molecular complexity index is 1640. The Morgan fingerprint density at radius 3 is 2.54 bits per heavy atom. The molecule has 0 saturated carbocycles. The van der Waals surface area contributed by atoms with Crippen molar-refractivity contribution in [1.82, 2.24) is 20.5 Å². The molecular weight excluding hydrogens is 555 g/mol. The van der Waals surface area contributed by atoms with Crippen molar-refractivity contribution in [3.8, 4) is 0 Å². The number of carbonyl (C=O) groups is 3. The average Bonchev–Trinajstić information content (AvgIpc) is 3.55. The molecule has 12 nitrogen and oxygen atoms in total. The van der Waals surface area contributed by atoms with Crippen LogP contribution in [0.5, 0.6) is 0 Å². The third-order valence-corrected chi connectivity index (χ3v) is 7.09. The van der Waals surface area contributed by atoms with E-state index in [9.17, 15) is 29.2 Å². The lowest BCUT2D eigenvalue weighted by Crippen LogP contribution is -2.30. The smallest absolute Gasteiger partial charge is 0.293 e. The van der Waals surface area contributed by atoms with Crippen LogP contribution < -0.4 is 15.9 Å². The van der Waals surface area contributed by atoms with Crippen LogP contribution in [0.15, 0.2) is 70.2 Å². The van der Waals surface area contributed by atoms with E-state index in [1.807, 2.05) is 0 Å². The van der Waals surface area contributed by atoms with Crippen LogP contribution >= 0.6 is 11.8 Å². The van der Waals surface area contributed by atoms with Crippen molar-refractivity contribution in [3.05, 3.63) is 82.5 Å². The Morgan fingerprint density at radius 1 is 1.00 bits per heavy atom. The predicted molar refractivity (Wildman–Crippen MR) is 148 cm³/mol. The van der Waals surface area contributed by atoms with Crippen LogP contribution in [0, 0.1) is 5.82 Å². The lowest BCUT2D eigenvalue weighted by molar-refractivity contribution is -0.122. The van der Waals surface area contributed by atoms with E-state index in [1.54, 1.807) is 30.3 Å². The molecule has 3 amide bonds. The van der Waals surface area contributed by atoms with Crippen LogP contribution in [0.1, 0.15) is 28.8 Å². The molecule has 0 unspecified atom stereocenters. The zero-order chi connectivity index (χ0) is 28.9. The van der Waals surface area contributed by atoms with Gasteiger partial charge in [-0.15, -0.1) is 5.23 Å². The van der Waals surface area contributed by atoms with E-state index in [-0.39, 0.29) is 50.4 Å². The highest BCUT2D eigenvalue weighted by atomic mass is 32.2. The molecule has 1 saturated heterocycles. The van der Waals surface area contributed by atoms with E-state index in [2.05, 4.69) is 20.9 Å². The summed E-state index contributed by atoms with van der Waals surface area (Å²) in [5.74, 6) is -1.13. The first-order chi connectivity index (χ1) is 19.8. The topological polar surface area (TPSA) is 161 Å². The van der Waals surface area contributed by atoms with Gasteiger partial charge in [0.25, 0.3) is 17.1 Å². The lowest BCUT2D eigenvalue weighted by atomic mass is 10.1. The van der Waals surface area contributed by atoms with Crippen molar-refractivity contribution >= 4 is 63.0 Å². The highest BCUT2D eigenvalue weighted by molar-refractivity contribution is 8.18. The molecular formula is C27H23FN6O6S. The Balaban J connectivity index is 1.15. The number of fused-ring (bicyclic) bond motifs is 1. The summed E-state index contributed by atoms with van der Waals surface area (Å²) in [6.07, 6.45) is 2.56. The average molecular weight is 579 g/mol. The second-order valence-corrected chi connectivity index (χ2v) is 9.89. The molecule has 1 aliphatic rings. The molecule has 1 aliphatic heterocycles. The number of halogens is 1. The summed E-state index contributed by atoms with van der Waals surface area (Å²) in [7, 11) is 0. The quantitative estimate of drug-likeness (QED) is 0.115. The highest BCUT2D eigenvalue weighted by Crippen LogP contribution is 2.33. The lowest BCUT2D eigenvalue weighted by Gasteiger charge is -2.14. The number of hydrogen-bond donors (Lipinski definition) is 4. The second-order valence-electron chi connectivity index (χ2n) is 8.90. The first kappa shape index (κ1) is 27.8. The van der Waals surface area contributed by atoms with Gasteiger partial charge >= 0.3 is 0 Å². The third-order valence-electron chi connectivity index (χ3n) is 6.19. The highest BCUT2D eigenvalue weighted by Gasteiger charge is 2.34. The molecule has 4 N–H and O–H groups in total. The van der Waals surface area contributed by atoms with Crippen molar-refractivity contribution in [2.75, 3.05) is 23.6 Å². The van der Waals surface area contributed by atoms with Crippen LogP contribution in [-0.4, -0.2) is 55.8 Å². The van der Waals surface area contributed by atoms with Crippen molar-refractivity contribution in [1.29, 1.82) is 0 Å². The molecule has 0 bridgehead atoms. The SMILES string of the molecule is O=C(NCCCCN1C(=O)S/C(=C\c2ccc(F)cc2)C1=O)c1ccccc1Nc1ccc(N(O)O)c2nonc12. The van der Waals surface area contributed by atoms with Crippen LogP contribution in [0.3, 0.4) is 0 Å². The predicted octanol–water partition coefficient (Wildman–Crippen LogP) is 4.94. The molecule has 14 heteroatoms. The second kappa shape index (κ2) is 12.2. The Hall–Kier alpha value is -4.79. The van der Waals surface area contributed by atoms with E-state index < -0.39 is 5.91 Å². The van der Waals surface area contributed by atoms with E-state index in [0.717, 1.165) is 11.8 Å². The molecule has 5 rings (SSSR count). The van der Waals surface area contributed by atoms with E-state index in [4.69, 9.17) is 4.63 Å². The van der Waals surface area contributed by atoms with Gasteiger partial charge in [0.05, 0.1) is 21.8 Å². The normalized spacial score (nSPS) is 14.2. The first-order valence-electron chi connectivity index (χ1n) is 12.4.